The topological polar surface area (TPSA) is 71.3 Å². The maximum absolute atomic E-state index is 12.5. The first-order valence-electron chi connectivity index (χ1n) is 9.82. The van der Waals surface area contributed by atoms with Crippen molar-refractivity contribution in [3.05, 3.63) is 92.9 Å². The molecule has 0 aliphatic carbocycles. The molecule has 0 atom stereocenters. The van der Waals surface area contributed by atoms with E-state index >= 15 is 0 Å². The molecule has 0 saturated carbocycles. The van der Waals surface area contributed by atoms with E-state index in [1.165, 1.54) is 6.08 Å². The molecule has 0 aliphatic rings. The fourth-order valence-electron chi connectivity index (χ4n) is 2.87. The van der Waals surface area contributed by atoms with Gasteiger partial charge in [-0.1, -0.05) is 48.0 Å². The zero-order valence-corrected chi connectivity index (χ0v) is 19.6. The molecule has 0 aromatic heterocycles. The number of ether oxygens (including phenoxy) is 2. The van der Waals surface area contributed by atoms with Crippen LogP contribution in [-0.4, -0.2) is 12.5 Å². The van der Waals surface area contributed by atoms with Crippen molar-refractivity contribution < 1.29 is 14.3 Å². The van der Waals surface area contributed by atoms with Gasteiger partial charge in [0.1, 0.15) is 18.2 Å². The van der Waals surface area contributed by atoms with Crippen molar-refractivity contribution in [1.82, 2.24) is 0 Å². The molecular weight excluding hydrogens is 492 g/mol. The van der Waals surface area contributed by atoms with Crippen molar-refractivity contribution in [2.24, 2.45) is 0 Å². The highest BCUT2D eigenvalue weighted by Crippen LogP contribution is 2.38. The summed E-state index contributed by atoms with van der Waals surface area (Å²) in [5.41, 5.74) is 2.04. The first kappa shape index (κ1) is 23.4. The van der Waals surface area contributed by atoms with Gasteiger partial charge in [-0.2, -0.15) is 5.26 Å². The van der Waals surface area contributed by atoms with Gasteiger partial charge in [0.25, 0.3) is 5.91 Å². The second kappa shape index (κ2) is 11.4. The fourth-order valence-corrected chi connectivity index (χ4v) is 3.64. The highest BCUT2D eigenvalue weighted by Gasteiger charge is 2.15. The third kappa shape index (κ3) is 6.13. The van der Waals surface area contributed by atoms with E-state index < -0.39 is 5.91 Å². The Bertz CT molecular complexity index is 1170. The summed E-state index contributed by atoms with van der Waals surface area (Å²) < 4.78 is 12.4. The van der Waals surface area contributed by atoms with E-state index in [0.717, 1.165) is 5.56 Å². The van der Waals surface area contributed by atoms with Crippen LogP contribution in [0, 0.1) is 11.3 Å². The van der Waals surface area contributed by atoms with E-state index in [1.807, 2.05) is 37.3 Å². The minimum atomic E-state index is -0.494. The quantitative estimate of drug-likeness (QED) is 0.272. The first-order chi connectivity index (χ1) is 15.5. The monoisotopic (exact) mass is 510 g/mol. The van der Waals surface area contributed by atoms with Crippen molar-refractivity contribution in [2.75, 3.05) is 11.9 Å². The molecule has 32 heavy (non-hydrogen) atoms. The van der Waals surface area contributed by atoms with Crippen LogP contribution in [-0.2, 0) is 11.4 Å². The van der Waals surface area contributed by atoms with Gasteiger partial charge in [-0.15, -0.1) is 0 Å². The number of nitrogens with one attached hydrogen (secondary N) is 1. The number of para-hydroxylation sites is 1. The van der Waals surface area contributed by atoms with Gasteiger partial charge in [0.15, 0.2) is 11.5 Å². The molecule has 3 aromatic carbocycles. The smallest absolute Gasteiger partial charge is 0.266 e. The Balaban J connectivity index is 1.86. The zero-order chi connectivity index (χ0) is 22.9. The molecule has 3 aromatic rings. The molecule has 0 saturated heterocycles. The minimum absolute atomic E-state index is 0.0343. The van der Waals surface area contributed by atoms with E-state index in [2.05, 4.69) is 21.2 Å². The Kier molecular flexibility index (Phi) is 8.32. The van der Waals surface area contributed by atoms with Gasteiger partial charge in [-0.3, -0.25) is 4.79 Å². The zero-order valence-electron chi connectivity index (χ0n) is 17.3. The number of carbonyl (C=O) groups is 1. The van der Waals surface area contributed by atoms with Crippen molar-refractivity contribution in [2.45, 2.75) is 13.5 Å². The SMILES string of the molecule is CCOc1cc(/C=C(/C#N)C(=O)Nc2ccccc2)cc(Br)c1OCc1ccccc1Cl. The Hall–Kier alpha value is -3.27. The Morgan fingerprint density at radius 2 is 1.84 bits per heavy atom. The van der Waals surface area contributed by atoms with Crippen LogP contribution in [0.2, 0.25) is 5.02 Å². The predicted molar refractivity (Wildman–Crippen MR) is 130 cm³/mol. The van der Waals surface area contributed by atoms with Crippen LogP contribution in [0.4, 0.5) is 5.69 Å². The molecular formula is C25H20BrClN2O3. The van der Waals surface area contributed by atoms with Crippen LogP contribution >= 0.6 is 27.5 Å². The van der Waals surface area contributed by atoms with Gasteiger partial charge in [0.2, 0.25) is 0 Å². The van der Waals surface area contributed by atoms with Gasteiger partial charge in [0.05, 0.1) is 11.1 Å². The number of nitriles is 1. The lowest BCUT2D eigenvalue weighted by molar-refractivity contribution is -0.112. The number of amides is 1. The molecule has 1 N–H and O–H groups in total. The van der Waals surface area contributed by atoms with Gasteiger partial charge >= 0.3 is 0 Å². The van der Waals surface area contributed by atoms with Gasteiger partial charge in [-0.05, 0) is 64.8 Å². The molecule has 0 spiro atoms. The van der Waals surface area contributed by atoms with Crippen LogP contribution in [0.3, 0.4) is 0 Å². The van der Waals surface area contributed by atoms with Crippen LogP contribution in [0.25, 0.3) is 6.08 Å². The number of carbonyl (C=O) groups excluding carboxylic acids is 1. The Labute approximate surface area is 200 Å². The maximum atomic E-state index is 12.5. The summed E-state index contributed by atoms with van der Waals surface area (Å²) in [5.74, 6) is 0.504. The molecule has 0 radical (unpaired) electrons. The summed E-state index contributed by atoms with van der Waals surface area (Å²) >= 11 is 9.73. The van der Waals surface area contributed by atoms with Gasteiger partial charge in [0, 0.05) is 16.3 Å². The third-order valence-corrected chi connectivity index (χ3v) is 5.33. The average Bonchev–Trinajstić information content (AvgIpc) is 2.79. The summed E-state index contributed by atoms with van der Waals surface area (Å²) in [4.78, 5) is 12.5. The predicted octanol–water partition coefficient (Wildman–Crippen LogP) is 6.63. The summed E-state index contributed by atoms with van der Waals surface area (Å²) in [5, 5.41) is 12.8. The normalized spacial score (nSPS) is 10.9. The van der Waals surface area contributed by atoms with Crippen molar-refractivity contribution in [3.8, 4) is 17.6 Å². The lowest BCUT2D eigenvalue weighted by atomic mass is 10.1. The fraction of sp³-hybridized carbons (Fsp3) is 0.120. The molecule has 0 aliphatic heterocycles. The molecule has 5 nitrogen and oxygen atoms in total. The molecule has 3 rings (SSSR count). The average molecular weight is 512 g/mol. The third-order valence-electron chi connectivity index (χ3n) is 4.37. The van der Waals surface area contributed by atoms with Crippen molar-refractivity contribution in [3.63, 3.8) is 0 Å². The highest BCUT2D eigenvalue weighted by atomic mass is 79.9. The van der Waals surface area contributed by atoms with Gasteiger partial charge in [-0.25, -0.2) is 0 Å². The number of hydrogen-bond acceptors (Lipinski definition) is 4. The number of halogens is 2. The Morgan fingerprint density at radius 3 is 2.53 bits per heavy atom. The molecule has 0 heterocycles. The van der Waals surface area contributed by atoms with Crippen LogP contribution in [0.15, 0.2) is 76.8 Å². The standard InChI is InChI=1S/C25H20BrClN2O3/c1-2-31-23-14-17(12-19(15-28)25(30)29-20-9-4-3-5-10-20)13-21(26)24(23)32-16-18-8-6-7-11-22(18)27/h3-14H,2,16H2,1H3,(H,29,30)/b19-12-. The molecule has 162 valence electrons. The lowest BCUT2D eigenvalue weighted by Gasteiger charge is -2.15. The summed E-state index contributed by atoms with van der Waals surface area (Å²) in [6.07, 6.45) is 1.50. The molecule has 0 unspecified atom stereocenters. The second-order valence-electron chi connectivity index (χ2n) is 6.63. The van der Waals surface area contributed by atoms with E-state index in [9.17, 15) is 10.1 Å². The number of nitrogens with zero attached hydrogens (tertiary/aromatic N) is 1. The molecule has 0 bridgehead atoms. The molecule has 7 heteroatoms. The number of benzene rings is 3. The van der Waals surface area contributed by atoms with E-state index in [4.69, 9.17) is 21.1 Å². The van der Waals surface area contributed by atoms with E-state index in [0.29, 0.717) is 38.9 Å². The first-order valence-corrected chi connectivity index (χ1v) is 11.0. The number of anilines is 1. The summed E-state index contributed by atoms with van der Waals surface area (Å²) in [6, 6.07) is 21.8. The van der Waals surface area contributed by atoms with Crippen LogP contribution in [0.5, 0.6) is 11.5 Å². The number of rotatable bonds is 8. The van der Waals surface area contributed by atoms with Crippen LogP contribution < -0.4 is 14.8 Å². The van der Waals surface area contributed by atoms with Crippen molar-refractivity contribution >= 4 is 45.2 Å². The maximum Gasteiger partial charge on any atom is 0.266 e. The lowest BCUT2D eigenvalue weighted by Crippen LogP contribution is -2.13. The Morgan fingerprint density at radius 1 is 1.12 bits per heavy atom. The van der Waals surface area contributed by atoms with Gasteiger partial charge < -0.3 is 14.8 Å². The summed E-state index contributed by atoms with van der Waals surface area (Å²) in [7, 11) is 0. The largest absolute Gasteiger partial charge is 0.490 e. The van der Waals surface area contributed by atoms with Crippen molar-refractivity contribution in [1.29, 1.82) is 5.26 Å². The summed E-state index contributed by atoms with van der Waals surface area (Å²) in [6.45, 7) is 2.54. The molecule has 0 fully saturated rings. The highest BCUT2D eigenvalue weighted by molar-refractivity contribution is 9.10. The number of hydrogen-bond donors (Lipinski definition) is 1. The second-order valence-corrected chi connectivity index (χ2v) is 7.89. The minimum Gasteiger partial charge on any atom is -0.490 e. The van der Waals surface area contributed by atoms with Crippen LogP contribution in [0.1, 0.15) is 18.1 Å². The van der Waals surface area contributed by atoms with E-state index in [1.54, 1.807) is 42.5 Å². The van der Waals surface area contributed by atoms with E-state index in [-0.39, 0.29) is 12.2 Å². The molecule has 1 amide bonds.